The lowest BCUT2D eigenvalue weighted by molar-refractivity contribution is -0.384. The summed E-state index contributed by atoms with van der Waals surface area (Å²) in [5.41, 5.74) is 4.07. The lowest BCUT2D eigenvalue weighted by Crippen LogP contribution is -2.36. The van der Waals surface area contributed by atoms with Crippen LogP contribution in [-0.2, 0) is 4.74 Å². The van der Waals surface area contributed by atoms with Gasteiger partial charge in [-0.3, -0.25) is 14.9 Å². The van der Waals surface area contributed by atoms with Crippen LogP contribution in [0.5, 0.6) is 5.75 Å². The number of para-hydroxylation sites is 1. The number of anilines is 1. The molecule has 0 bridgehead atoms. The van der Waals surface area contributed by atoms with E-state index in [1.807, 2.05) is 0 Å². The van der Waals surface area contributed by atoms with Crippen molar-refractivity contribution >= 4 is 23.5 Å². The summed E-state index contributed by atoms with van der Waals surface area (Å²) >= 11 is 0. The van der Waals surface area contributed by atoms with Gasteiger partial charge >= 0.3 is 0 Å². The highest BCUT2D eigenvalue weighted by molar-refractivity contribution is 5.98. The number of hydrogen-bond donors (Lipinski definition) is 1. The average Bonchev–Trinajstić information content (AvgIpc) is 2.74. The minimum absolute atomic E-state index is 0.0467. The predicted octanol–water partition coefficient (Wildman–Crippen LogP) is 2.20. The van der Waals surface area contributed by atoms with Crippen LogP contribution >= 0.6 is 0 Å². The molecular weight excluding hydrogens is 364 g/mol. The molecule has 1 fully saturated rings. The number of methoxy groups -OCH3 is 1. The zero-order chi connectivity index (χ0) is 19.9. The number of nitrogens with one attached hydrogen (secondary N) is 1. The molecule has 0 aliphatic carbocycles. The fraction of sp³-hybridized carbons (Fsp3) is 0.263. The Morgan fingerprint density at radius 1 is 1.29 bits per heavy atom. The van der Waals surface area contributed by atoms with Gasteiger partial charge in [-0.1, -0.05) is 12.1 Å². The number of carbonyl (C=O) groups excluding carboxylic acids is 1. The van der Waals surface area contributed by atoms with E-state index < -0.39 is 10.8 Å². The molecule has 1 aliphatic heterocycles. The Labute approximate surface area is 161 Å². The summed E-state index contributed by atoms with van der Waals surface area (Å²) in [7, 11) is 1.48. The van der Waals surface area contributed by atoms with Crippen LogP contribution in [0, 0.1) is 10.1 Å². The topological polar surface area (TPSA) is 106 Å². The van der Waals surface area contributed by atoms with Gasteiger partial charge in [0, 0.05) is 36.5 Å². The average molecular weight is 384 g/mol. The molecule has 1 N–H and O–H groups in total. The Kier molecular flexibility index (Phi) is 6.18. The smallest absolute Gasteiger partial charge is 0.275 e. The number of hydrogen-bond acceptors (Lipinski definition) is 7. The molecule has 0 spiro atoms. The summed E-state index contributed by atoms with van der Waals surface area (Å²) in [5.74, 6) is -0.00777. The van der Waals surface area contributed by atoms with Crippen molar-refractivity contribution in [3.05, 3.63) is 63.7 Å². The maximum absolute atomic E-state index is 12.3. The third-order valence-corrected chi connectivity index (χ3v) is 4.30. The first kappa shape index (κ1) is 19.3. The van der Waals surface area contributed by atoms with Crippen molar-refractivity contribution in [3.8, 4) is 5.75 Å². The van der Waals surface area contributed by atoms with Crippen LogP contribution in [0.3, 0.4) is 0 Å². The Bertz CT molecular complexity index is 894. The summed E-state index contributed by atoms with van der Waals surface area (Å²) in [6, 6.07) is 11.4. The molecule has 0 saturated carbocycles. The van der Waals surface area contributed by atoms with Gasteiger partial charge in [0.1, 0.15) is 5.75 Å². The summed E-state index contributed by atoms with van der Waals surface area (Å²) < 4.78 is 10.5. The molecule has 2 aromatic rings. The summed E-state index contributed by atoms with van der Waals surface area (Å²) in [6.07, 6.45) is 1.41. The maximum atomic E-state index is 12.3. The Morgan fingerprint density at radius 2 is 2.04 bits per heavy atom. The van der Waals surface area contributed by atoms with E-state index in [2.05, 4.69) is 15.4 Å². The van der Waals surface area contributed by atoms with E-state index in [9.17, 15) is 14.9 Å². The molecule has 1 aliphatic rings. The molecule has 9 heteroatoms. The van der Waals surface area contributed by atoms with Crippen LogP contribution in [0.25, 0.3) is 0 Å². The van der Waals surface area contributed by atoms with E-state index in [0.29, 0.717) is 43.2 Å². The van der Waals surface area contributed by atoms with Gasteiger partial charge < -0.3 is 14.4 Å². The number of non-ortho nitro benzene ring substituents is 1. The molecule has 1 heterocycles. The second-order valence-electron chi connectivity index (χ2n) is 6.00. The lowest BCUT2D eigenvalue weighted by atomic mass is 10.1. The number of nitro benzene ring substituents is 1. The van der Waals surface area contributed by atoms with Gasteiger partial charge in [-0.05, 0) is 18.2 Å². The minimum Gasteiger partial charge on any atom is -0.496 e. The van der Waals surface area contributed by atoms with E-state index >= 15 is 0 Å². The summed E-state index contributed by atoms with van der Waals surface area (Å²) in [4.78, 5) is 25.1. The van der Waals surface area contributed by atoms with Crippen molar-refractivity contribution in [3.63, 3.8) is 0 Å². The quantitative estimate of drug-likeness (QED) is 0.465. The predicted molar refractivity (Wildman–Crippen MR) is 104 cm³/mol. The van der Waals surface area contributed by atoms with E-state index in [1.54, 1.807) is 30.3 Å². The van der Waals surface area contributed by atoms with Crippen molar-refractivity contribution in [2.75, 3.05) is 38.3 Å². The second kappa shape index (κ2) is 8.96. The number of ether oxygens (including phenoxy) is 2. The maximum Gasteiger partial charge on any atom is 0.275 e. The number of rotatable bonds is 6. The number of carbonyl (C=O) groups is 1. The Balaban J connectivity index is 1.82. The van der Waals surface area contributed by atoms with Gasteiger partial charge in [-0.25, -0.2) is 5.43 Å². The molecule has 146 valence electrons. The third kappa shape index (κ3) is 4.44. The Hall–Kier alpha value is -3.46. The largest absolute Gasteiger partial charge is 0.496 e. The molecule has 0 radical (unpaired) electrons. The van der Waals surface area contributed by atoms with Crippen LogP contribution in [0.2, 0.25) is 0 Å². The van der Waals surface area contributed by atoms with Crippen molar-refractivity contribution in [2.45, 2.75) is 0 Å². The van der Waals surface area contributed by atoms with Gasteiger partial charge in [-0.15, -0.1) is 0 Å². The van der Waals surface area contributed by atoms with E-state index in [0.717, 1.165) is 5.69 Å². The summed E-state index contributed by atoms with van der Waals surface area (Å²) in [6.45, 7) is 2.51. The van der Waals surface area contributed by atoms with Crippen molar-refractivity contribution in [1.29, 1.82) is 0 Å². The molecular formula is C19H20N4O5. The van der Waals surface area contributed by atoms with Crippen LogP contribution in [0.4, 0.5) is 11.4 Å². The van der Waals surface area contributed by atoms with Gasteiger partial charge in [0.2, 0.25) is 0 Å². The van der Waals surface area contributed by atoms with Crippen LogP contribution in [-0.4, -0.2) is 50.5 Å². The fourth-order valence-electron chi connectivity index (χ4n) is 2.90. The molecule has 0 aromatic heterocycles. The Morgan fingerprint density at radius 3 is 2.75 bits per heavy atom. The van der Waals surface area contributed by atoms with Gasteiger partial charge in [0.25, 0.3) is 11.6 Å². The monoisotopic (exact) mass is 384 g/mol. The molecule has 0 atom stereocenters. The fourth-order valence-corrected chi connectivity index (χ4v) is 2.90. The molecule has 9 nitrogen and oxygen atoms in total. The molecule has 1 amide bonds. The number of benzene rings is 2. The molecule has 1 saturated heterocycles. The van der Waals surface area contributed by atoms with Crippen molar-refractivity contribution in [2.24, 2.45) is 5.10 Å². The number of nitro groups is 1. The third-order valence-electron chi connectivity index (χ3n) is 4.30. The van der Waals surface area contributed by atoms with E-state index in [-0.39, 0.29) is 5.69 Å². The zero-order valence-corrected chi connectivity index (χ0v) is 15.3. The summed E-state index contributed by atoms with van der Waals surface area (Å²) in [5, 5.41) is 15.1. The van der Waals surface area contributed by atoms with Crippen LogP contribution < -0.4 is 15.1 Å². The molecule has 2 aromatic carbocycles. The number of hydrazone groups is 1. The number of amides is 1. The SMILES string of the molecule is COc1ccccc1C(=O)N/N=C\c1cc([N+](=O)[O-])ccc1N1CCOCC1. The second-order valence-corrected chi connectivity index (χ2v) is 6.00. The molecule has 28 heavy (non-hydrogen) atoms. The van der Waals surface area contributed by atoms with Crippen molar-refractivity contribution < 1.29 is 19.2 Å². The first-order chi connectivity index (χ1) is 13.6. The first-order valence-corrected chi connectivity index (χ1v) is 8.67. The van der Waals surface area contributed by atoms with Crippen LogP contribution in [0.1, 0.15) is 15.9 Å². The highest BCUT2D eigenvalue weighted by Gasteiger charge is 2.17. The minimum atomic E-state index is -0.464. The first-order valence-electron chi connectivity index (χ1n) is 8.67. The molecule has 3 rings (SSSR count). The number of morpholine rings is 1. The van der Waals surface area contributed by atoms with Gasteiger partial charge in [0.05, 0.1) is 37.0 Å². The highest BCUT2D eigenvalue weighted by atomic mass is 16.6. The van der Waals surface area contributed by atoms with E-state index in [1.165, 1.54) is 25.5 Å². The standard InChI is InChI=1S/C19H20N4O5/c1-27-18-5-3-2-4-16(18)19(24)21-20-13-14-12-15(23(25)26)6-7-17(14)22-8-10-28-11-9-22/h2-7,12-13H,8-11H2,1H3,(H,21,24)/b20-13-. The van der Waals surface area contributed by atoms with Gasteiger partial charge in [-0.2, -0.15) is 5.10 Å². The van der Waals surface area contributed by atoms with Gasteiger partial charge in [0.15, 0.2) is 0 Å². The van der Waals surface area contributed by atoms with E-state index in [4.69, 9.17) is 9.47 Å². The molecule has 0 unspecified atom stereocenters. The highest BCUT2D eigenvalue weighted by Crippen LogP contribution is 2.25. The zero-order valence-electron chi connectivity index (χ0n) is 15.3. The lowest BCUT2D eigenvalue weighted by Gasteiger charge is -2.29. The van der Waals surface area contributed by atoms with Crippen LogP contribution in [0.15, 0.2) is 47.6 Å². The normalized spacial score (nSPS) is 14.1. The number of nitrogens with zero attached hydrogens (tertiary/aromatic N) is 3. The van der Waals surface area contributed by atoms with Crippen molar-refractivity contribution in [1.82, 2.24) is 5.43 Å².